The van der Waals surface area contributed by atoms with Crippen LogP contribution < -0.4 is 5.32 Å². The van der Waals surface area contributed by atoms with Crippen molar-refractivity contribution in [2.75, 3.05) is 26.2 Å². The highest BCUT2D eigenvalue weighted by Crippen LogP contribution is 2.34. The Morgan fingerprint density at radius 3 is 2.58 bits per heavy atom. The molecule has 0 aromatic carbocycles. The Labute approximate surface area is 114 Å². The zero-order chi connectivity index (χ0) is 14.5. The van der Waals surface area contributed by atoms with Crippen LogP contribution in [0, 0.1) is 11.8 Å². The van der Waals surface area contributed by atoms with Gasteiger partial charge in [-0.25, -0.2) is 0 Å². The van der Waals surface area contributed by atoms with Crippen LogP contribution in [0.4, 0.5) is 13.2 Å². The minimum atomic E-state index is -4.04. The Morgan fingerprint density at radius 1 is 1.32 bits per heavy atom. The molecule has 2 nitrogen and oxygen atoms in total. The van der Waals surface area contributed by atoms with Crippen LogP contribution in [-0.2, 0) is 0 Å². The topological polar surface area (TPSA) is 15.3 Å². The van der Waals surface area contributed by atoms with E-state index >= 15 is 0 Å². The highest BCUT2D eigenvalue weighted by Gasteiger charge is 2.42. The van der Waals surface area contributed by atoms with Crippen molar-refractivity contribution in [3.8, 4) is 0 Å². The molecule has 1 N–H and O–H groups in total. The van der Waals surface area contributed by atoms with Gasteiger partial charge in [0.2, 0.25) is 0 Å². The zero-order valence-electron chi connectivity index (χ0n) is 12.3. The van der Waals surface area contributed by atoms with Crippen molar-refractivity contribution in [2.45, 2.75) is 52.3 Å². The molecule has 5 heteroatoms. The fourth-order valence-corrected chi connectivity index (χ4v) is 2.68. The first-order chi connectivity index (χ1) is 8.86. The maximum absolute atomic E-state index is 12.8. The van der Waals surface area contributed by atoms with Crippen molar-refractivity contribution < 1.29 is 13.2 Å². The lowest BCUT2D eigenvalue weighted by molar-refractivity contribution is -0.189. The van der Waals surface area contributed by atoms with E-state index in [0.717, 1.165) is 26.1 Å². The van der Waals surface area contributed by atoms with Crippen molar-refractivity contribution in [2.24, 2.45) is 11.8 Å². The van der Waals surface area contributed by atoms with Gasteiger partial charge in [-0.05, 0) is 51.7 Å². The Hall–Kier alpha value is -0.290. The normalized spacial score (nSPS) is 25.3. The summed E-state index contributed by atoms with van der Waals surface area (Å²) in [5, 5.41) is 3.35. The molecule has 1 rings (SSSR count). The maximum atomic E-state index is 12.8. The van der Waals surface area contributed by atoms with E-state index in [2.05, 4.69) is 26.1 Å². The number of halogens is 3. The fraction of sp³-hybridized carbons (Fsp3) is 1.00. The molecule has 114 valence electrons. The van der Waals surface area contributed by atoms with Crippen LogP contribution in [0.3, 0.4) is 0 Å². The molecule has 1 fully saturated rings. The third-order valence-electron chi connectivity index (χ3n) is 4.21. The molecular weight excluding hydrogens is 253 g/mol. The molecular formula is C14H27F3N2. The lowest BCUT2D eigenvalue weighted by Gasteiger charge is -2.39. The fourth-order valence-electron chi connectivity index (χ4n) is 2.68. The molecule has 0 bridgehead atoms. The number of alkyl halides is 3. The van der Waals surface area contributed by atoms with Gasteiger partial charge in [-0.3, -0.25) is 4.90 Å². The number of hydrogen-bond acceptors (Lipinski definition) is 2. The Balaban J connectivity index is 2.45. The average molecular weight is 280 g/mol. The molecule has 1 heterocycles. The van der Waals surface area contributed by atoms with Crippen molar-refractivity contribution in [1.29, 1.82) is 0 Å². The molecule has 0 saturated carbocycles. The number of likely N-dealkylation sites (tertiary alicyclic amines) is 1. The number of hydrogen-bond donors (Lipinski definition) is 1. The van der Waals surface area contributed by atoms with E-state index in [9.17, 15) is 13.2 Å². The molecule has 3 atom stereocenters. The van der Waals surface area contributed by atoms with E-state index in [1.165, 1.54) is 0 Å². The highest BCUT2D eigenvalue weighted by atomic mass is 19.4. The van der Waals surface area contributed by atoms with E-state index in [0.29, 0.717) is 12.3 Å². The number of piperidine rings is 1. The van der Waals surface area contributed by atoms with E-state index in [1.807, 2.05) is 4.90 Å². The quantitative estimate of drug-likeness (QED) is 0.751. The first-order valence-electron chi connectivity index (χ1n) is 7.37. The van der Waals surface area contributed by atoms with E-state index in [-0.39, 0.29) is 19.0 Å². The SMILES string of the molecule is CCCNCC(C)C(C)N1CCCC(C(F)(F)F)C1. The van der Waals surface area contributed by atoms with Crippen molar-refractivity contribution in [3.05, 3.63) is 0 Å². The highest BCUT2D eigenvalue weighted by molar-refractivity contribution is 4.83. The molecule has 0 aromatic heterocycles. The van der Waals surface area contributed by atoms with Gasteiger partial charge in [0.1, 0.15) is 0 Å². The summed E-state index contributed by atoms with van der Waals surface area (Å²) >= 11 is 0. The molecule has 0 radical (unpaired) electrons. The maximum Gasteiger partial charge on any atom is 0.393 e. The molecule has 0 amide bonds. The number of nitrogens with zero attached hydrogens (tertiary/aromatic N) is 1. The van der Waals surface area contributed by atoms with Gasteiger partial charge in [0.15, 0.2) is 0 Å². The summed E-state index contributed by atoms with van der Waals surface area (Å²) in [5.41, 5.74) is 0. The van der Waals surface area contributed by atoms with Crippen molar-refractivity contribution in [1.82, 2.24) is 10.2 Å². The summed E-state index contributed by atoms with van der Waals surface area (Å²) in [7, 11) is 0. The molecule has 0 spiro atoms. The summed E-state index contributed by atoms with van der Waals surface area (Å²) < 4.78 is 38.4. The van der Waals surface area contributed by atoms with E-state index in [4.69, 9.17) is 0 Å². The van der Waals surface area contributed by atoms with Gasteiger partial charge in [-0.1, -0.05) is 13.8 Å². The van der Waals surface area contributed by atoms with Gasteiger partial charge in [0.05, 0.1) is 5.92 Å². The molecule has 1 aliphatic rings. The van der Waals surface area contributed by atoms with Gasteiger partial charge in [0, 0.05) is 12.6 Å². The summed E-state index contributed by atoms with van der Waals surface area (Å²) in [4.78, 5) is 2.01. The minimum Gasteiger partial charge on any atom is -0.316 e. The van der Waals surface area contributed by atoms with Crippen LogP contribution in [0.15, 0.2) is 0 Å². The Bertz CT molecular complexity index is 256. The van der Waals surface area contributed by atoms with Crippen LogP contribution in [-0.4, -0.2) is 43.3 Å². The van der Waals surface area contributed by atoms with E-state index in [1.54, 1.807) is 0 Å². The third-order valence-corrected chi connectivity index (χ3v) is 4.21. The summed E-state index contributed by atoms with van der Waals surface area (Å²) in [5.74, 6) is -0.766. The second-order valence-corrected chi connectivity index (χ2v) is 5.80. The smallest absolute Gasteiger partial charge is 0.316 e. The largest absolute Gasteiger partial charge is 0.393 e. The predicted octanol–water partition coefficient (Wildman–Crippen LogP) is 3.28. The molecule has 19 heavy (non-hydrogen) atoms. The van der Waals surface area contributed by atoms with Gasteiger partial charge < -0.3 is 5.32 Å². The predicted molar refractivity (Wildman–Crippen MR) is 72.1 cm³/mol. The van der Waals surface area contributed by atoms with Crippen LogP contribution in [0.25, 0.3) is 0 Å². The van der Waals surface area contributed by atoms with Crippen LogP contribution in [0.5, 0.6) is 0 Å². The number of rotatable bonds is 6. The lowest BCUT2D eigenvalue weighted by atomic mass is 9.93. The third kappa shape index (κ3) is 5.30. The lowest BCUT2D eigenvalue weighted by Crippen LogP contribution is -2.49. The molecule has 0 aliphatic carbocycles. The molecule has 3 unspecified atom stereocenters. The molecule has 1 saturated heterocycles. The second kappa shape index (κ2) is 7.48. The summed E-state index contributed by atoms with van der Waals surface area (Å²) in [6.07, 6.45) is -2.01. The van der Waals surface area contributed by atoms with Crippen LogP contribution in [0.2, 0.25) is 0 Å². The second-order valence-electron chi connectivity index (χ2n) is 5.80. The zero-order valence-corrected chi connectivity index (χ0v) is 12.3. The molecule has 0 aromatic rings. The van der Waals surface area contributed by atoms with Gasteiger partial charge >= 0.3 is 6.18 Å². The standard InChI is InChI=1S/C14H27F3N2/c1-4-7-18-9-11(2)12(3)19-8-5-6-13(10-19)14(15,16)17/h11-13,18H,4-10H2,1-3H3. The summed E-state index contributed by atoms with van der Waals surface area (Å²) in [6.45, 7) is 9.10. The van der Waals surface area contributed by atoms with Crippen LogP contribution >= 0.6 is 0 Å². The number of nitrogens with one attached hydrogen (secondary N) is 1. The van der Waals surface area contributed by atoms with Crippen molar-refractivity contribution in [3.63, 3.8) is 0 Å². The Kier molecular flexibility index (Phi) is 6.60. The van der Waals surface area contributed by atoms with Crippen LogP contribution in [0.1, 0.15) is 40.0 Å². The van der Waals surface area contributed by atoms with Crippen molar-refractivity contribution >= 4 is 0 Å². The minimum absolute atomic E-state index is 0.169. The monoisotopic (exact) mass is 280 g/mol. The van der Waals surface area contributed by atoms with E-state index < -0.39 is 12.1 Å². The van der Waals surface area contributed by atoms with Gasteiger partial charge in [-0.15, -0.1) is 0 Å². The summed E-state index contributed by atoms with van der Waals surface area (Å²) in [6, 6.07) is 0.203. The van der Waals surface area contributed by atoms with Gasteiger partial charge in [0.25, 0.3) is 0 Å². The average Bonchev–Trinajstić information content (AvgIpc) is 2.37. The molecule has 1 aliphatic heterocycles. The van der Waals surface area contributed by atoms with Gasteiger partial charge in [-0.2, -0.15) is 13.2 Å². The Morgan fingerprint density at radius 2 is 2.00 bits per heavy atom. The first-order valence-corrected chi connectivity index (χ1v) is 7.37. The first kappa shape index (κ1) is 16.8.